The Balaban J connectivity index is 1.51. The Labute approximate surface area is 267 Å². The Kier molecular flexibility index (Phi) is 11.1. The monoisotopic (exact) mass is 646 g/mol. The summed E-state index contributed by atoms with van der Waals surface area (Å²) < 4.78 is 47.0. The van der Waals surface area contributed by atoms with E-state index in [2.05, 4.69) is 27.9 Å². The highest BCUT2D eigenvalue weighted by atomic mass is 35.5. The van der Waals surface area contributed by atoms with Gasteiger partial charge in [0.2, 0.25) is 10.0 Å². The number of amides is 1. The van der Waals surface area contributed by atoms with Crippen LogP contribution < -0.4 is 14.4 Å². The summed E-state index contributed by atoms with van der Waals surface area (Å²) in [5, 5.41) is 0.0151. The molecule has 2 aliphatic carbocycles. The molecule has 1 fully saturated rings. The summed E-state index contributed by atoms with van der Waals surface area (Å²) in [5.74, 6) is 1.13. The average Bonchev–Trinajstić information content (AvgIpc) is 3.01. The van der Waals surface area contributed by atoms with Gasteiger partial charge in [0.15, 0.2) is 0 Å². The highest BCUT2D eigenvalue weighted by Crippen LogP contribution is 2.42. The van der Waals surface area contributed by atoms with Gasteiger partial charge in [0.1, 0.15) is 5.75 Å². The van der Waals surface area contributed by atoms with Crippen LogP contribution in [0.1, 0.15) is 62.7 Å². The minimum atomic E-state index is -3.91. The van der Waals surface area contributed by atoms with Gasteiger partial charge in [-0.15, -0.1) is 0 Å². The Hall–Kier alpha value is -2.33. The van der Waals surface area contributed by atoms with Gasteiger partial charge < -0.3 is 19.1 Å². The molecule has 0 saturated heterocycles. The lowest BCUT2D eigenvalue weighted by Crippen LogP contribution is -2.44. The van der Waals surface area contributed by atoms with Crippen molar-refractivity contribution in [1.29, 1.82) is 0 Å². The highest BCUT2D eigenvalue weighted by molar-refractivity contribution is 7.90. The van der Waals surface area contributed by atoms with Crippen molar-refractivity contribution in [2.24, 2.45) is 29.6 Å². The molecule has 44 heavy (non-hydrogen) atoms. The predicted molar refractivity (Wildman–Crippen MR) is 175 cm³/mol. The molecule has 4 aliphatic rings. The first-order valence-electron chi connectivity index (χ1n) is 16.1. The molecule has 0 aromatic heterocycles. The van der Waals surface area contributed by atoms with Crippen molar-refractivity contribution in [2.75, 3.05) is 44.9 Å². The fourth-order valence-corrected chi connectivity index (χ4v) is 8.28. The normalized spacial score (nSPS) is 33.3. The third-order valence-electron chi connectivity index (χ3n) is 9.94. The van der Waals surface area contributed by atoms with Crippen molar-refractivity contribution < 1.29 is 27.4 Å². The van der Waals surface area contributed by atoms with Gasteiger partial charge in [-0.2, -0.15) is 0 Å². The van der Waals surface area contributed by atoms with E-state index in [0.717, 1.165) is 55.9 Å². The highest BCUT2D eigenvalue weighted by Gasteiger charge is 2.38. The van der Waals surface area contributed by atoms with Crippen LogP contribution in [0, 0.1) is 29.6 Å². The Morgan fingerprint density at radius 3 is 2.70 bits per heavy atom. The molecule has 10 heteroatoms. The maximum absolute atomic E-state index is 13.4. The van der Waals surface area contributed by atoms with E-state index in [-0.39, 0.29) is 17.9 Å². The SMILES string of the molecule is COCCO[C@H]1/C=C/C[C@H](C)[C@@H](C)S(=O)(=O)NC(=O)c2ccc3c(c2)N(CCCCC2C=C(Cl)C=CC2CO3)C[C@@H]2CC[C@H]21. The lowest BCUT2D eigenvalue weighted by molar-refractivity contribution is -0.0308. The van der Waals surface area contributed by atoms with E-state index in [1.54, 1.807) is 20.1 Å². The van der Waals surface area contributed by atoms with Crippen molar-refractivity contribution in [1.82, 2.24) is 4.72 Å². The van der Waals surface area contributed by atoms with Crippen LogP contribution >= 0.6 is 11.6 Å². The molecule has 0 radical (unpaired) electrons. The molecule has 2 aliphatic heterocycles. The number of anilines is 1. The summed E-state index contributed by atoms with van der Waals surface area (Å²) >= 11 is 6.37. The van der Waals surface area contributed by atoms with E-state index < -0.39 is 21.2 Å². The fourth-order valence-electron chi connectivity index (χ4n) is 6.76. The van der Waals surface area contributed by atoms with Crippen LogP contribution in [0.4, 0.5) is 5.69 Å². The number of nitrogens with one attached hydrogen (secondary N) is 1. The van der Waals surface area contributed by atoms with Crippen molar-refractivity contribution in [3.8, 4) is 5.75 Å². The molecule has 7 atom stereocenters. The number of fused-ring (bicyclic) bond motifs is 3. The first-order valence-corrected chi connectivity index (χ1v) is 18.0. The van der Waals surface area contributed by atoms with Gasteiger partial charge in [-0.1, -0.05) is 49.2 Å². The number of sulfonamides is 1. The van der Waals surface area contributed by atoms with E-state index in [9.17, 15) is 13.2 Å². The molecular weight excluding hydrogens is 600 g/mol. The van der Waals surface area contributed by atoms with Gasteiger partial charge in [-0.05, 0) is 87.0 Å². The Morgan fingerprint density at radius 2 is 1.93 bits per heavy atom. The van der Waals surface area contributed by atoms with Crippen LogP contribution in [-0.2, 0) is 19.5 Å². The molecule has 1 amide bonds. The number of carbonyl (C=O) groups is 1. The summed E-state index contributed by atoms with van der Waals surface area (Å²) in [6.45, 7) is 6.67. The number of allylic oxidation sites excluding steroid dienone is 4. The van der Waals surface area contributed by atoms with Crippen molar-refractivity contribution in [3.05, 3.63) is 59.2 Å². The standard InChI is InChI=1S/C34H47ClN2O6S/c1-23-7-6-9-32(42-18-17-41-3)30-14-11-27(30)21-37-16-5-4-8-25-19-29(35)13-10-28(25)22-43-33-15-12-26(20-31(33)37)34(38)36-44(39,40)24(23)2/h6,9-10,12-13,15,19-20,23-25,27-28,30,32H,4-5,7-8,11,14,16-18,21-22H2,1-3H3,(H,36,38)/b9-6+/t23-,24+,25?,27-,28?,30+,32-/m0/s1. The Morgan fingerprint density at radius 1 is 1.09 bits per heavy atom. The van der Waals surface area contributed by atoms with Crippen LogP contribution in [0.3, 0.4) is 0 Å². The van der Waals surface area contributed by atoms with Gasteiger partial charge in [-0.3, -0.25) is 4.79 Å². The second kappa shape index (κ2) is 14.8. The molecule has 0 spiro atoms. The lowest BCUT2D eigenvalue weighted by Gasteiger charge is -2.44. The molecule has 1 N–H and O–H groups in total. The molecule has 5 rings (SSSR count). The number of ether oxygens (including phenoxy) is 3. The van der Waals surface area contributed by atoms with Gasteiger partial charge in [0.05, 0.1) is 36.9 Å². The molecule has 2 heterocycles. The van der Waals surface area contributed by atoms with Gasteiger partial charge in [0.25, 0.3) is 5.91 Å². The first kappa shape index (κ1) is 33.0. The average molecular weight is 647 g/mol. The van der Waals surface area contributed by atoms with E-state index in [4.69, 9.17) is 25.8 Å². The Bertz CT molecular complexity index is 1360. The summed E-state index contributed by atoms with van der Waals surface area (Å²) in [6.07, 6.45) is 16.1. The molecule has 1 saturated carbocycles. The van der Waals surface area contributed by atoms with E-state index in [1.165, 1.54) is 0 Å². The van der Waals surface area contributed by atoms with E-state index >= 15 is 0 Å². The minimum Gasteiger partial charge on any atom is -0.491 e. The quantitative estimate of drug-likeness (QED) is 0.313. The molecule has 1 aromatic rings. The van der Waals surface area contributed by atoms with Crippen LogP contribution in [0.5, 0.6) is 5.75 Å². The zero-order chi connectivity index (χ0) is 31.3. The minimum absolute atomic E-state index is 0.0759. The van der Waals surface area contributed by atoms with E-state index in [1.807, 2.05) is 31.2 Å². The maximum atomic E-state index is 13.4. The molecule has 1 aromatic carbocycles. The molecular formula is C34H47ClN2O6S. The lowest BCUT2D eigenvalue weighted by atomic mass is 9.70. The summed E-state index contributed by atoms with van der Waals surface area (Å²) in [6, 6.07) is 5.29. The largest absolute Gasteiger partial charge is 0.491 e. The summed E-state index contributed by atoms with van der Waals surface area (Å²) in [7, 11) is -2.23. The van der Waals surface area contributed by atoms with Gasteiger partial charge in [-0.25, -0.2) is 13.1 Å². The van der Waals surface area contributed by atoms with Gasteiger partial charge in [0, 0.05) is 36.7 Å². The second-order valence-electron chi connectivity index (χ2n) is 12.8. The predicted octanol–water partition coefficient (Wildman–Crippen LogP) is 6.08. The van der Waals surface area contributed by atoms with Crippen molar-refractivity contribution in [2.45, 2.75) is 63.7 Å². The van der Waals surface area contributed by atoms with Crippen LogP contribution in [0.25, 0.3) is 0 Å². The number of hydrogen-bond acceptors (Lipinski definition) is 7. The summed E-state index contributed by atoms with van der Waals surface area (Å²) in [5.41, 5.74) is 1.13. The fraction of sp³-hybridized carbons (Fsp3) is 0.618. The van der Waals surface area contributed by atoms with Crippen molar-refractivity contribution in [3.63, 3.8) is 0 Å². The van der Waals surface area contributed by atoms with Crippen LogP contribution in [0.15, 0.2) is 53.6 Å². The molecule has 2 unspecified atom stereocenters. The number of nitrogens with zero attached hydrogens (tertiary/aromatic N) is 1. The third-order valence-corrected chi connectivity index (χ3v) is 12.1. The zero-order valence-corrected chi connectivity index (χ0v) is 27.7. The van der Waals surface area contributed by atoms with Crippen LogP contribution in [0.2, 0.25) is 0 Å². The molecule has 8 nitrogen and oxygen atoms in total. The van der Waals surface area contributed by atoms with Gasteiger partial charge >= 0.3 is 0 Å². The molecule has 242 valence electrons. The maximum Gasteiger partial charge on any atom is 0.264 e. The first-order chi connectivity index (χ1) is 21.2. The molecule has 2 bridgehead atoms. The number of carbonyl (C=O) groups excluding carboxylic acids is 1. The number of benzene rings is 1. The summed E-state index contributed by atoms with van der Waals surface area (Å²) in [4.78, 5) is 15.7. The number of hydrogen-bond donors (Lipinski definition) is 1. The van der Waals surface area contributed by atoms with Crippen LogP contribution in [-0.4, -0.2) is 65.7 Å². The van der Waals surface area contributed by atoms with Crippen molar-refractivity contribution >= 4 is 33.2 Å². The number of methoxy groups -OCH3 is 1. The zero-order valence-electron chi connectivity index (χ0n) is 26.1. The third kappa shape index (κ3) is 7.90. The number of halogens is 1. The topological polar surface area (TPSA) is 94.2 Å². The van der Waals surface area contributed by atoms with E-state index in [0.29, 0.717) is 55.3 Å². The second-order valence-corrected chi connectivity index (χ2v) is 15.3. The smallest absolute Gasteiger partial charge is 0.264 e. The number of rotatable bonds is 4.